The smallest absolute Gasteiger partial charge is 0.335 e. The van der Waals surface area contributed by atoms with E-state index in [-0.39, 0.29) is 23.6 Å². The molecule has 0 aromatic heterocycles. The summed E-state index contributed by atoms with van der Waals surface area (Å²) in [5.74, 6) is -0.475. The van der Waals surface area contributed by atoms with Crippen molar-refractivity contribution < 1.29 is 23.9 Å². The third kappa shape index (κ3) is 3.34. The molecule has 3 aliphatic rings. The average molecular weight is 445 g/mol. The Labute approximate surface area is 191 Å². The van der Waals surface area contributed by atoms with Gasteiger partial charge in [0.05, 0.1) is 11.2 Å². The molecule has 0 unspecified atom stereocenters. The Bertz CT molecular complexity index is 1290. The number of allylic oxidation sites excluding steroid dienone is 1. The summed E-state index contributed by atoms with van der Waals surface area (Å²) in [5.41, 5.74) is 3.93. The number of benzene rings is 2. The lowest BCUT2D eigenvalue weighted by atomic mass is 9.88. The predicted molar refractivity (Wildman–Crippen MR) is 124 cm³/mol. The van der Waals surface area contributed by atoms with Gasteiger partial charge < -0.3 is 14.4 Å². The molecular weight excluding hydrogens is 422 g/mol. The number of urea groups is 1. The Morgan fingerprint density at radius 2 is 1.79 bits per heavy atom. The Kier molecular flexibility index (Phi) is 4.56. The second kappa shape index (κ2) is 7.23. The minimum atomic E-state index is -0.811. The Morgan fingerprint density at radius 1 is 1.03 bits per heavy atom. The molecule has 2 aromatic rings. The van der Waals surface area contributed by atoms with Crippen LogP contribution in [0.2, 0.25) is 0 Å². The largest absolute Gasteiger partial charge is 0.454 e. The van der Waals surface area contributed by atoms with E-state index in [1.165, 1.54) is 12.1 Å². The number of anilines is 2. The van der Waals surface area contributed by atoms with Crippen molar-refractivity contribution in [3.05, 3.63) is 59.2 Å². The lowest BCUT2D eigenvalue weighted by Gasteiger charge is -2.40. The van der Waals surface area contributed by atoms with Gasteiger partial charge in [0.25, 0.3) is 11.8 Å². The molecule has 0 atom stereocenters. The quantitative estimate of drug-likeness (QED) is 0.560. The van der Waals surface area contributed by atoms with Crippen LogP contribution in [0.4, 0.5) is 16.2 Å². The van der Waals surface area contributed by atoms with Gasteiger partial charge >= 0.3 is 6.03 Å². The summed E-state index contributed by atoms with van der Waals surface area (Å²) in [6.45, 7) is 6.40. The number of barbiturate groups is 1. The summed E-state index contributed by atoms with van der Waals surface area (Å²) < 4.78 is 10.6. The SMILES string of the molecule is CC1=CC(C)(C)N(C)c2ccc(/C=C3/C(=O)NC(=O)N(c4ccc5c(c4)OCO5)C3=O)cc21. The van der Waals surface area contributed by atoms with Crippen LogP contribution in [0, 0.1) is 0 Å². The molecule has 2 aromatic carbocycles. The molecule has 0 radical (unpaired) electrons. The van der Waals surface area contributed by atoms with E-state index in [4.69, 9.17) is 9.47 Å². The first-order valence-electron chi connectivity index (χ1n) is 10.5. The minimum Gasteiger partial charge on any atom is -0.454 e. The molecule has 1 fully saturated rings. The molecule has 1 N–H and O–H groups in total. The highest BCUT2D eigenvalue weighted by atomic mass is 16.7. The fourth-order valence-corrected chi connectivity index (χ4v) is 4.35. The van der Waals surface area contributed by atoms with Crippen LogP contribution in [0.25, 0.3) is 11.6 Å². The van der Waals surface area contributed by atoms with E-state index in [0.29, 0.717) is 17.1 Å². The number of likely N-dealkylation sites (N-methyl/N-ethyl adjacent to an activating group) is 1. The molecule has 8 nitrogen and oxygen atoms in total. The van der Waals surface area contributed by atoms with Crippen LogP contribution >= 0.6 is 0 Å². The van der Waals surface area contributed by atoms with Gasteiger partial charge in [0.1, 0.15) is 5.57 Å². The zero-order valence-electron chi connectivity index (χ0n) is 18.8. The molecule has 0 saturated carbocycles. The van der Waals surface area contributed by atoms with Crippen molar-refractivity contribution in [3.8, 4) is 11.5 Å². The van der Waals surface area contributed by atoms with Gasteiger partial charge in [-0.3, -0.25) is 14.9 Å². The van der Waals surface area contributed by atoms with Crippen molar-refractivity contribution in [1.29, 1.82) is 0 Å². The highest BCUT2D eigenvalue weighted by Crippen LogP contribution is 2.39. The maximum Gasteiger partial charge on any atom is 0.335 e. The number of hydrogen-bond donors (Lipinski definition) is 1. The first kappa shape index (κ1) is 20.8. The number of imide groups is 2. The highest BCUT2D eigenvalue weighted by molar-refractivity contribution is 6.39. The van der Waals surface area contributed by atoms with E-state index in [2.05, 4.69) is 30.1 Å². The second-order valence-electron chi connectivity index (χ2n) is 8.81. The van der Waals surface area contributed by atoms with Gasteiger partial charge in [0, 0.05) is 24.4 Å². The van der Waals surface area contributed by atoms with Gasteiger partial charge in [-0.15, -0.1) is 0 Å². The number of rotatable bonds is 2. The van der Waals surface area contributed by atoms with Crippen molar-refractivity contribution in [2.75, 3.05) is 23.6 Å². The molecule has 33 heavy (non-hydrogen) atoms. The van der Waals surface area contributed by atoms with Crippen LogP contribution in [0.5, 0.6) is 11.5 Å². The van der Waals surface area contributed by atoms with Gasteiger partial charge in [-0.1, -0.05) is 12.1 Å². The van der Waals surface area contributed by atoms with Gasteiger partial charge in [-0.2, -0.15) is 0 Å². The van der Waals surface area contributed by atoms with Crippen molar-refractivity contribution in [2.45, 2.75) is 26.3 Å². The number of hydrogen-bond acceptors (Lipinski definition) is 6. The van der Waals surface area contributed by atoms with Gasteiger partial charge in [0.15, 0.2) is 11.5 Å². The molecule has 0 bridgehead atoms. The van der Waals surface area contributed by atoms with Crippen LogP contribution in [0.15, 0.2) is 48.0 Å². The Hall–Kier alpha value is -4.07. The van der Waals surface area contributed by atoms with Gasteiger partial charge in [-0.05, 0) is 62.2 Å². The van der Waals surface area contributed by atoms with Crippen molar-refractivity contribution in [3.63, 3.8) is 0 Å². The second-order valence-corrected chi connectivity index (χ2v) is 8.81. The lowest BCUT2D eigenvalue weighted by Crippen LogP contribution is -2.54. The molecule has 4 amide bonds. The van der Waals surface area contributed by atoms with Crippen LogP contribution in [0.3, 0.4) is 0 Å². The Balaban J connectivity index is 1.52. The molecule has 0 spiro atoms. The summed E-state index contributed by atoms with van der Waals surface area (Å²) in [6, 6.07) is 9.71. The van der Waals surface area contributed by atoms with E-state index in [0.717, 1.165) is 21.7 Å². The third-order valence-electron chi connectivity index (χ3n) is 6.27. The van der Waals surface area contributed by atoms with Crippen molar-refractivity contribution >= 4 is 40.9 Å². The summed E-state index contributed by atoms with van der Waals surface area (Å²) in [4.78, 5) is 41.4. The zero-order valence-corrected chi connectivity index (χ0v) is 18.8. The summed E-state index contributed by atoms with van der Waals surface area (Å²) >= 11 is 0. The number of carbonyl (C=O) groups is 3. The Morgan fingerprint density at radius 3 is 2.58 bits per heavy atom. The number of fused-ring (bicyclic) bond motifs is 2. The van der Waals surface area contributed by atoms with E-state index >= 15 is 0 Å². The molecule has 8 heteroatoms. The third-order valence-corrected chi connectivity index (χ3v) is 6.27. The molecular formula is C25H23N3O5. The number of carbonyl (C=O) groups excluding carboxylic acids is 3. The van der Waals surface area contributed by atoms with E-state index in [9.17, 15) is 14.4 Å². The maximum absolute atomic E-state index is 13.2. The monoisotopic (exact) mass is 445 g/mol. The van der Waals surface area contributed by atoms with Gasteiger partial charge in [0.2, 0.25) is 6.79 Å². The normalized spacial score (nSPS) is 20.1. The standard InChI is InChI=1S/C25H23N3O5/c1-14-12-25(2,3)27(4)19-7-5-15(9-17(14)19)10-18-22(29)26-24(31)28(23(18)30)16-6-8-20-21(11-16)33-13-32-20/h5-12H,13H2,1-4H3,(H,26,29,31)/b18-10-. The lowest BCUT2D eigenvalue weighted by molar-refractivity contribution is -0.122. The maximum atomic E-state index is 13.2. The first-order chi connectivity index (χ1) is 15.7. The highest BCUT2D eigenvalue weighted by Gasteiger charge is 2.37. The van der Waals surface area contributed by atoms with Crippen LogP contribution < -0.4 is 24.6 Å². The topological polar surface area (TPSA) is 88.2 Å². The molecule has 168 valence electrons. The van der Waals surface area contributed by atoms with E-state index in [1.54, 1.807) is 12.1 Å². The number of nitrogens with zero attached hydrogens (tertiary/aromatic N) is 2. The van der Waals surface area contributed by atoms with E-state index < -0.39 is 17.8 Å². The minimum absolute atomic E-state index is 0.0706. The van der Waals surface area contributed by atoms with Crippen molar-refractivity contribution in [1.82, 2.24) is 5.32 Å². The van der Waals surface area contributed by atoms with Crippen molar-refractivity contribution in [2.24, 2.45) is 0 Å². The number of nitrogens with one attached hydrogen (secondary N) is 1. The zero-order chi connectivity index (χ0) is 23.5. The van der Waals surface area contributed by atoms with E-state index in [1.807, 2.05) is 32.2 Å². The fourth-order valence-electron chi connectivity index (χ4n) is 4.35. The van der Waals surface area contributed by atoms with Crippen LogP contribution in [-0.2, 0) is 9.59 Å². The molecule has 3 heterocycles. The molecule has 5 rings (SSSR count). The average Bonchev–Trinajstić information content (AvgIpc) is 3.23. The summed E-state index contributed by atoms with van der Waals surface area (Å²) in [5, 5.41) is 2.25. The molecule has 1 saturated heterocycles. The number of amides is 4. The fraction of sp³-hybridized carbons (Fsp3) is 0.240. The van der Waals surface area contributed by atoms with Crippen LogP contribution in [-0.4, -0.2) is 37.2 Å². The molecule has 3 aliphatic heterocycles. The number of ether oxygens (including phenoxy) is 2. The molecule has 0 aliphatic carbocycles. The summed E-state index contributed by atoms with van der Waals surface area (Å²) in [7, 11) is 2.03. The predicted octanol–water partition coefficient (Wildman–Crippen LogP) is 3.71. The van der Waals surface area contributed by atoms with Crippen LogP contribution in [0.1, 0.15) is 31.9 Å². The van der Waals surface area contributed by atoms with Gasteiger partial charge in [-0.25, -0.2) is 9.69 Å². The first-order valence-corrected chi connectivity index (χ1v) is 10.5. The summed E-state index contributed by atoms with van der Waals surface area (Å²) in [6.07, 6.45) is 3.70.